The van der Waals surface area contributed by atoms with Crippen LogP contribution in [0, 0.1) is 6.92 Å². The molecule has 78 valence electrons. The van der Waals surface area contributed by atoms with Gasteiger partial charge in [-0.1, -0.05) is 0 Å². The van der Waals surface area contributed by atoms with Crippen LogP contribution in [0.4, 0.5) is 16.6 Å². The third-order valence-electron chi connectivity index (χ3n) is 1.81. The highest BCUT2D eigenvalue weighted by atomic mass is 32.1. The molecule has 0 radical (unpaired) electrons. The van der Waals surface area contributed by atoms with Crippen LogP contribution in [0.15, 0.2) is 23.1 Å². The van der Waals surface area contributed by atoms with E-state index in [0.29, 0.717) is 5.95 Å². The van der Waals surface area contributed by atoms with Gasteiger partial charge < -0.3 is 11.1 Å². The molecule has 0 fully saturated rings. The number of aromatic amines is 1. The summed E-state index contributed by atoms with van der Waals surface area (Å²) in [4.78, 5) is 18.9. The average Bonchev–Trinajstić information content (AvgIpc) is 2.58. The predicted molar refractivity (Wildman–Crippen MR) is 61.6 cm³/mol. The molecule has 0 saturated carbocycles. The highest BCUT2D eigenvalue weighted by Gasteiger charge is 2.00. The number of hydrogen-bond acceptors (Lipinski definition) is 5. The summed E-state index contributed by atoms with van der Waals surface area (Å²) in [6, 6.07) is 3.92. The van der Waals surface area contributed by atoms with E-state index in [-0.39, 0.29) is 11.2 Å². The van der Waals surface area contributed by atoms with Gasteiger partial charge in [-0.05, 0) is 19.1 Å². The van der Waals surface area contributed by atoms with Gasteiger partial charge in [0, 0.05) is 4.88 Å². The maximum atomic E-state index is 11.2. The number of nitrogens with two attached hydrogens (primary N) is 1. The van der Waals surface area contributed by atoms with E-state index in [4.69, 9.17) is 5.73 Å². The summed E-state index contributed by atoms with van der Waals surface area (Å²) in [7, 11) is 0. The molecular formula is C9H10N4OS. The smallest absolute Gasteiger partial charge is 0.275 e. The normalized spacial score (nSPS) is 10.2. The van der Waals surface area contributed by atoms with Gasteiger partial charge >= 0.3 is 0 Å². The highest BCUT2D eigenvalue weighted by Crippen LogP contribution is 2.22. The van der Waals surface area contributed by atoms with Gasteiger partial charge in [-0.25, -0.2) is 4.98 Å². The standard InChI is InChI=1S/C9H10N4OS/c1-5-2-3-7(15-5)12-9-11-4-6(10)8(14)13-9/h2-4H,10H2,1H3,(H2,11,12,13,14). The first kappa shape index (κ1) is 9.72. The second-order valence-electron chi connectivity index (χ2n) is 3.05. The molecule has 2 rings (SSSR count). The molecule has 0 spiro atoms. The Morgan fingerprint density at radius 3 is 2.93 bits per heavy atom. The third-order valence-corrected chi connectivity index (χ3v) is 2.72. The Balaban J connectivity index is 2.25. The van der Waals surface area contributed by atoms with Gasteiger partial charge in [0.05, 0.1) is 11.2 Å². The first-order chi connectivity index (χ1) is 7.15. The maximum Gasteiger partial charge on any atom is 0.275 e. The molecule has 0 aromatic carbocycles. The highest BCUT2D eigenvalue weighted by molar-refractivity contribution is 7.16. The van der Waals surface area contributed by atoms with Crippen molar-refractivity contribution in [1.29, 1.82) is 0 Å². The fourth-order valence-electron chi connectivity index (χ4n) is 1.09. The van der Waals surface area contributed by atoms with Crippen LogP contribution in [0.1, 0.15) is 4.88 Å². The van der Waals surface area contributed by atoms with E-state index in [1.165, 1.54) is 11.1 Å². The summed E-state index contributed by atoms with van der Waals surface area (Å²) in [5.74, 6) is 0.399. The molecule has 0 amide bonds. The van der Waals surface area contributed by atoms with Crippen LogP contribution in [-0.2, 0) is 0 Å². The van der Waals surface area contributed by atoms with Gasteiger partial charge in [0.1, 0.15) is 5.69 Å². The van der Waals surface area contributed by atoms with Gasteiger partial charge in [0.2, 0.25) is 5.95 Å². The fraction of sp³-hybridized carbons (Fsp3) is 0.111. The van der Waals surface area contributed by atoms with Crippen LogP contribution >= 0.6 is 11.3 Å². The number of hydrogen-bond donors (Lipinski definition) is 3. The maximum absolute atomic E-state index is 11.2. The molecule has 0 atom stereocenters. The van der Waals surface area contributed by atoms with Crippen molar-refractivity contribution in [2.45, 2.75) is 6.92 Å². The third kappa shape index (κ3) is 2.16. The Labute approximate surface area is 90.0 Å². The summed E-state index contributed by atoms with van der Waals surface area (Å²) in [5.41, 5.74) is 5.14. The first-order valence-corrected chi connectivity index (χ1v) is 5.15. The monoisotopic (exact) mass is 222 g/mol. The fourth-order valence-corrected chi connectivity index (χ4v) is 1.85. The van der Waals surface area contributed by atoms with E-state index >= 15 is 0 Å². The minimum absolute atomic E-state index is 0.114. The molecule has 2 heterocycles. The molecule has 0 aliphatic rings. The van der Waals surface area contributed by atoms with Gasteiger partial charge in [-0.3, -0.25) is 9.78 Å². The Kier molecular flexibility index (Phi) is 2.42. The molecular weight excluding hydrogens is 212 g/mol. The molecule has 6 heteroatoms. The van der Waals surface area contributed by atoms with Crippen LogP contribution in [0.2, 0.25) is 0 Å². The molecule has 0 bridgehead atoms. The Hall–Kier alpha value is -1.82. The summed E-state index contributed by atoms with van der Waals surface area (Å²) < 4.78 is 0. The van der Waals surface area contributed by atoms with Crippen LogP contribution in [0.3, 0.4) is 0 Å². The van der Waals surface area contributed by atoms with Crippen molar-refractivity contribution in [3.05, 3.63) is 33.6 Å². The second-order valence-corrected chi connectivity index (χ2v) is 4.34. The number of nitrogen functional groups attached to an aromatic ring is 1. The summed E-state index contributed by atoms with van der Waals surface area (Å²) >= 11 is 1.59. The van der Waals surface area contributed by atoms with Crippen molar-refractivity contribution in [1.82, 2.24) is 9.97 Å². The number of nitrogens with zero attached hydrogens (tertiary/aromatic N) is 1. The van der Waals surface area contributed by atoms with Crippen LogP contribution < -0.4 is 16.6 Å². The molecule has 4 N–H and O–H groups in total. The number of aryl methyl sites for hydroxylation is 1. The SMILES string of the molecule is Cc1ccc(Nc2ncc(N)c(=O)[nH]2)s1. The van der Waals surface area contributed by atoms with Gasteiger partial charge in [0.15, 0.2) is 0 Å². The zero-order chi connectivity index (χ0) is 10.8. The van der Waals surface area contributed by atoms with Crippen molar-refractivity contribution in [3.8, 4) is 0 Å². The van der Waals surface area contributed by atoms with Crippen LogP contribution in [-0.4, -0.2) is 9.97 Å². The van der Waals surface area contributed by atoms with Crippen molar-refractivity contribution in [2.24, 2.45) is 0 Å². The van der Waals surface area contributed by atoms with E-state index in [9.17, 15) is 4.79 Å². The van der Waals surface area contributed by atoms with E-state index in [2.05, 4.69) is 15.3 Å². The quantitative estimate of drug-likeness (QED) is 0.718. The molecule has 0 saturated heterocycles. The minimum atomic E-state index is -0.333. The largest absolute Gasteiger partial charge is 0.393 e. The summed E-state index contributed by atoms with van der Waals surface area (Å²) in [6.07, 6.45) is 1.33. The zero-order valence-electron chi connectivity index (χ0n) is 8.07. The van der Waals surface area contributed by atoms with E-state index in [1.54, 1.807) is 11.3 Å². The lowest BCUT2D eigenvalue weighted by molar-refractivity contribution is 1.13. The molecule has 2 aromatic heterocycles. The van der Waals surface area contributed by atoms with Crippen molar-refractivity contribution < 1.29 is 0 Å². The zero-order valence-corrected chi connectivity index (χ0v) is 8.89. The van der Waals surface area contributed by atoms with Crippen molar-refractivity contribution in [3.63, 3.8) is 0 Å². The molecule has 5 nitrogen and oxygen atoms in total. The Morgan fingerprint density at radius 1 is 1.53 bits per heavy atom. The second kappa shape index (κ2) is 3.74. The Morgan fingerprint density at radius 2 is 2.33 bits per heavy atom. The molecule has 0 aliphatic heterocycles. The van der Waals surface area contributed by atoms with Gasteiger partial charge in [-0.2, -0.15) is 0 Å². The van der Waals surface area contributed by atoms with Crippen molar-refractivity contribution in [2.75, 3.05) is 11.1 Å². The van der Waals surface area contributed by atoms with Gasteiger partial charge in [0.25, 0.3) is 5.56 Å². The number of rotatable bonds is 2. The molecule has 0 unspecified atom stereocenters. The number of nitrogens with one attached hydrogen (secondary N) is 2. The molecule has 2 aromatic rings. The topological polar surface area (TPSA) is 83.8 Å². The van der Waals surface area contributed by atoms with Gasteiger partial charge in [-0.15, -0.1) is 11.3 Å². The average molecular weight is 222 g/mol. The lowest BCUT2D eigenvalue weighted by atomic mass is 10.5. The first-order valence-electron chi connectivity index (χ1n) is 4.33. The summed E-state index contributed by atoms with van der Waals surface area (Å²) in [5, 5.41) is 3.92. The molecule has 0 aliphatic carbocycles. The van der Waals surface area contributed by atoms with Crippen molar-refractivity contribution >= 4 is 28.0 Å². The lowest BCUT2D eigenvalue weighted by Crippen LogP contribution is -2.14. The summed E-state index contributed by atoms with van der Waals surface area (Å²) in [6.45, 7) is 2.01. The van der Waals surface area contributed by atoms with E-state index in [0.717, 1.165) is 5.00 Å². The van der Waals surface area contributed by atoms with E-state index in [1.807, 2.05) is 19.1 Å². The van der Waals surface area contributed by atoms with Crippen LogP contribution in [0.5, 0.6) is 0 Å². The minimum Gasteiger partial charge on any atom is -0.393 e. The number of aromatic nitrogens is 2. The number of thiophene rings is 1. The lowest BCUT2D eigenvalue weighted by Gasteiger charge is -2.01. The number of anilines is 3. The van der Waals surface area contributed by atoms with Crippen LogP contribution in [0.25, 0.3) is 0 Å². The Bertz CT molecular complexity index is 531. The van der Waals surface area contributed by atoms with E-state index < -0.39 is 0 Å². The number of H-pyrrole nitrogens is 1. The predicted octanol–water partition coefficient (Wildman–Crippen LogP) is 1.47. The molecule has 15 heavy (non-hydrogen) atoms.